The lowest BCUT2D eigenvalue weighted by Gasteiger charge is -2.37. The number of amides is 2. The van der Waals surface area contributed by atoms with Crippen LogP contribution in [0.1, 0.15) is 39.0 Å². The molecule has 1 aliphatic rings. The zero-order valence-corrected chi connectivity index (χ0v) is 13.4. The molecule has 0 saturated carbocycles. The lowest BCUT2D eigenvalue weighted by molar-refractivity contribution is -0.147. The monoisotopic (exact) mass is 300 g/mol. The number of aliphatic hydroxyl groups is 1. The van der Waals surface area contributed by atoms with Gasteiger partial charge in [0, 0.05) is 33.7 Å². The van der Waals surface area contributed by atoms with Gasteiger partial charge in [0.05, 0.1) is 12.7 Å². The van der Waals surface area contributed by atoms with Crippen molar-refractivity contribution in [1.82, 2.24) is 9.80 Å². The van der Waals surface area contributed by atoms with E-state index in [1.165, 1.54) is 12.0 Å². The molecule has 0 aromatic carbocycles. The van der Waals surface area contributed by atoms with E-state index in [-0.39, 0.29) is 31.0 Å². The van der Waals surface area contributed by atoms with Crippen LogP contribution in [0.5, 0.6) is 0 Å². The van der Waals surface area contributed by atoms with Gasteiger partial charge in [0.25, 0.3) is 0 Å². The molecule has 0 aliphatic carbocycles. The summed E-state index contributed by atoms with van der Waals surface area (Å²) < 4.78 is 4.87. The zero-order valence-electron chi connectivity index (χ0n) is 13.4. The van der Waals surface area contributed by atoms with E-state index in [4.69, 9.17) is 4.74 Å². The average molecular weight is 300 g/mol. The molecule has 0 aromatic rings. The number of likely N-dealkylation sites (N-methyl/N-ethyl adjacent to an activating group) is 1. The van der Waals surface area contributed by atoms with Crippen LogP contribution in [0.2, 0.25) is 0 Å². The highest BCUT2D eigenvalue weighted by molar-refractivity contribution is 5.87. The van der Waals surface area contributed by atoms with E-state index >= 15 is 0 Å². The maximum Gasteiger partial charge on any atom is 0.245 e. The highest BCUT2D eigenvalue weighted by Crippen LogP contribution is 2.20. The van der Waals surface area contributed by atoms with Gasteiger partial charge in [-0.15, -0.1) is 0 Å². The first-order valence-corrected chi connectivity index (χ1v) is 7.72. The van der Waals surface area contributed by atoms with Crippen LogP contribution in [0.3, 0.4) is 0 Å². The Morgan fingerprint density at radius 3 is 2.76 bits per heavy atom. The first kappa shape index (κ1) is 17.9. The van der Waals surface area contributed by atoms with Crippen LogP contribution in [0.4, 0.5) is 0 Å². The average Bonchev–Trinajstić information content (AvgIpc) is 2.46. The predicted octanol–water partition coefficient (Wildman–Crippen LogP) is 0.633. The van der Waals surface area contributed by atoms with Gasteiger partial charge in [-0.3, -0.25) is 9.59 Å². The van der Waals surface area contributed by atoms with Crippen molar-refractivity contribution in [1.29, 1.82) is 0 Å². The number of aliphatic hydroxyl groups excluding tert-OH is 1. The van der Waals surface area contributed by atoms with Crippen LogP contribution in [0.25, 0.3) is 0 Å². The molecular weight excluding hydrogens is 272 g/mol. The topological polar surface area (TPSA) is 70.1 Å². The quantitative estimate of drug-likeness (QED) is 0.749. The normalized spacial score (nSPS) is 20.2. The van der Waals surface area contributed by atoms with E-state index in [9.17, 15) is 14.7 Å². The molecule has 6 heteroatoms. The van der Waals surface area contributed by atoms with Gasteiger partial charge in [-0.05, 0) is 25.7 Å². The Bertz CT molecular complexity index is 349. The molecule has 6 nitrogen and oxygen atoms in total. The van der Waals surface area contributed by atoms with Crippen molar-refractivity contribution >= 4 is 11.8 Å². The molecule has 2 amide bonds. The number of likely N-dealkylation sites (tertiary alicyclic amines) is 1. The first-order valence-electron chi connectivity index (χ1n) is 7.72. The Balaban J connectivity index is 2.65. The van der Waals surface area contributed by atoms with Crippen molar-refractivity contribution in [2.45, 2.75) is 51.2 Å². The third kappa shape index (κ3) is 5.28. The van der Waals surface area contributed by atoms with Gasteiger partial charge in [0.2, 0.25) is 11.8 Å². The minimum atomic E-state index is -0.702. The molecule has 1 fully saturated rings. The summed E-state index contributed by atoms with van der Waals surface area (Å²) >= 11 is 0. The van der Waals surface area contributed by atoms with Gasteiger partial charge < -0.3 is 19.6 Å². The van der Waals surface area contributed by atoms with Crippen molar-refractivity contribution in [2.75, 3.05) is 33.9 Å². The number of carbonyl (C=O) groups excluding carboxylic acids is 2. The fourth-order valence-electron chi connectivity index (χ4n) is 2.75. The molecule has 1 aliphatic heterocycles. The summed E-state index contributed by atoms with van der Waals surface area (Å²) in [5.74, 6) is -0.0318. The predicted molar refractivity (Wildman–Crippen MR) is 79.8 cm³/mol. The molecule has 1 saturated heterocycles. The second-order valence-corrected chi connectivity index (χ2v) is 5.68. The molecular formula is C15H28N2O4. The highest BCUT2D eigenvalue weighted by Gasteiger charge is 2.33. The van der Waals surface area contributed by atoms with Crippen LogP contribution >= 0.6 is 0 Å². The van der Waals surface area contributed by atoms with Gasteiger partial charge in [-0.1, -0.05) is 6.92 Å². The van der Waals surface area contributed by atoms with Gasteiger partial charge in [0.15, 0.2) is 0 Å². The summed E-state index contributed by atoms with van der Waals surface area (Å²) in [5.41, 5.74) is 0. The summed E-state index contributed by atoms with van der Waals surface area (Å²) in [4.78, 5) is 27.9. The summed E-state index contributed by atoms with van der Waals surface area (Å²) in [5, 5.41) is 9.73. The highest BCUT2D eigenvalue weighted by atomic mass is 16.5. The van der Waals surface area contributed by atoms with E-state index in [1.807, 2.05) is 6.92 Å². The summed E-state index contributed by atoms with van der Waals surface area (Å²) in [7, 11) is 3.18. The fraction of sp³-hybridized carbons (Fsp3) is 0.867. The van der Waals surface area contributed by atoms with E-state index in [2.05, 4.69) is 0 Å². The molecule has 0 radical (unpaired) electrons. The van der Waals surface area contributed by atoms with Crippen LogP contribution in [0.15, 0.2) is 0 Å². The number of hydrogen-bond donors (Lipinski definition) is 1. The minimum Gasteiger partial charge on any atom is -0.389 e. The van der Waals surface area contributed by atoms with Gasteiger partial charge >= 0.3 is 0 Å². The number of carbonyl (C=O) groups is 2. The molecule has 2 atom stereocenters. The lowest BCUT2D eigenvalue weighted by Crippen LogP contribution is -2.53. The molecule has 1 rings (SSSR count). The van der Waals surface area contributed by atoms with Crippen LogP contribution in [0, 0.1) is 0 Å². The molecule has 1 N–H and O–H groups in total. The SMILES string of the molecule is CCCC(=O)N1CCCC[C@@H]1C(=O)N(C)C[C@@H](O)COC. The van der Waals surface area contributed by atoms with Crippen molar-refractivity contribution in [2.24, 2.45) is 0 Å². The Hall–Kier alpha value is -1.14. The van der Waals surface area contributed by atoms with Crippen molar-refractivity contribution in [3.05, 3.63) is 0 Å². The van der Waals surface area contributed by atoms with E-state index in [1.54, 1.807) is 11.9 Å². The molecule has 0 spiro atoms. The van der Waals surface area contributed by atoms with Gasteiger partial charge in [-0.25, -0.2) is 0 Å². The summed E-state index contributed by atoms with van der Waals surface area (Å²) in [6.45, 7) is 3.04. The molecule has 122 valence electrons. The lowest BCUT2D eigenvalue weighted by atomic mass is 10.00. The van der Waals surface area contributed by atoms with Crippen molar-refractivity contribution < 1.29 is 19.4 Å². The second kappa shape index (κ2) is 9.00. The molecule has 0 aromatic heterocycles. The number of nitrogens with zero attached hydrogens (tertiary/aromatic N) is 2. The smallest absolute Gasteiger partial charge is 0.245 e. The van der Waals surface area contributed by atoms with E-state index in [0.29, 0.717) is 19.4 Å². The van der Waals surface area contributed by atoms with E-state index < -0.39 is 6.10 Å². The van der Waals surface area contributed by atoms with Crippen molar-refractivity contribution in [3.63, 3.8) is 0 Å². The second-order valence-electron chi connectivity index (χ2n) is 5.68. The number of ether oxygens (including phenoxy) is 1. The zero-order chi connectivity index (χ0) is 15.8. The maximum absolute atomic E-state index is 12.5. The van der Waals surface area contributed by atoms with Gasteiger partial charge in [-0.2, -0.15) is 0 Å². The largest absolute Gasteiger partial charge is 0.389 e. The number of rotatable bonds is 7. The van der Waals surface area contributed by atoms with Crippen LogP contribution in [-0.4, -0.2) is 72.7 Å². The summed E-state index contributed by atoms with van der Waals surface area (Å²) in [6.07, 6.45) is 3.19. The van der Waals surface area contributed by atoms with E-state index in [0.717, 1.165) is 19.3 Å². The Morgan fingerprint density at radius 1 is 1.43 bits per heavy atom. The van der Waals surface area contributed by atoms with Crippen LogP contribution in [-0.2, 0) is 14.3 Å². The molecule has 0 bridgehead atoms. The maximum atomic E-state index is 12.5. The first-order chi connectivity index (χ1) is 10.0. The Labute approximate surface area is 127 Å². The molecule has 21 heavy (non-hydrogen) atoms. The third-order valence-electron chi connectivity index (χ3n) is 3.79. The summed E-state index contributed by atoms with van der Waals surface area (Å²) in [6, 6.07) is -0.377. The number of hydrogen-bond acceptors (Lipinski definition) is 4. The van der Waals surface area contributed by atoms with Crippen molar-refractivity contribution in [3.8, 4) is 0 Å². The van der Waals surface area contributed by atoms with Crippen LogP contribution < -0.4 is 0 Å². The minimum absolute atomic E-state index is 0.0568. The molecule has 1 heterocycles. The fourth-order valence-corrected chi connectivity index (χ4v) is 2.75. The number of methoxy groups -OCH3 is 1. The Morgan fingerprint density at radius 2 is 2.14 bits per heavy atom. The standard InChI is InChI=1S/C15H28N2O4/c1-4-7-14(19)17-9-6-5-8-13(17)15(20)16(2)10-12(18)11-21-3/h12-13,18H,4-11H2,1-3H3/t12-,13-/m1/s1. The Kier molecular flexibility index (Phi) is 7.67. The van der Waals surface area contributed by atoms with Gasteiger partial charge in [0.1, 0.15) is 6.04 Å². The molecule has 0 unspecified atom stereocenters. The third-order valence-corrected chi connectivity index (χ3v) is 3.79. The number of piperidine rings is 1.